The summed E-state index contributed by atoms with van der Waals surface area (Å²) < 4.78 is 0. The maximum atomic E-state index is 12.9. The van der Waals surface area contributed by atoms with E-state index >= 15 is 0 Å². The molecule has 0 aliphatic rings. The second-order valence-electron chi connectivity index (χ2n) is 6.83. The van der Waals surface area contributed by atoms with Crippen molar-refractivity contribution in [1.82, 2.24) is 10.4 Å². The fourth-order valence-corrected chi connectivity index (χ4v) is 3.26. The number of hydrogen-bond donors (Lipinski definition) is 1. The summed E-state index contributed by atoms with van der Waals surface area (Å²) in [6.07, 6.45) is 4.46. The molecule has 0 saturated heterocycles. The molecule has 1 aromatic heterocycles. The largest absolute Gasteiger partial charge is 0.276 e. The minimum Gasteiger partial charge on any atom is -0.267 e. The normalized spacial score (nSPS) is 11.2. The van der Waals surface area contributed by atoms with Crippen molar-refractivity contribution >= 4 is 34.8 Å². The molecule has 0 aliphatic carbocycles. The number of hydrazone groups is 1. The standard InChI is InChI=1S/C25H18N4O3/c30-25(28-26-16-8-12-19-11-4-7-15-24(19)29(31)32)21-17-23(18-9-2-1-3-10-18)27-22-14-6-5-13-20(21)22/h1-17H,(H,28,30)/b12-8-,26-16?. The number of amides is 1. The van der Waals surface area contributed by atoms with Gasteiger partial charge in [0.05, 0.1) is 27.3 Å². The summed E-state index contributed by atoms with van der Waals surface area (Å²) in [6, 6.07) is 25.2. The third-order valence-corrected chi connectivity index (χ3v) is 4.77. The molecule has 32 heavy (non-hydrogen) atoms. The van der Waals surface area contributed by atoms with Crippen LogP contribution in [0.1, 0.15) is 15.9 Å². The van der Waals surface area contributed by atoms with Gasteiger partial charge in [0.25, 0.3) is 11.6 Å². The Kier molecular flexibility index (Phi) is 6.08. The van der Waals surface area contributed by atoms with E-state index in [2.05, 4.69) is 15.5 Å². The highest BCUT2D eigenvalue weighted by Gasteiger charge is 2.13. The first-order valence-electron chi connectivity index (χ1n) is 9.82. The Labute approximate surface area is 183 Å². The summed E-state index contributed by atoms with van der Waals surface area (Å²) in [5, 5.41) is 15.7. The number of carbonyl (C=O) groups excluding carboxylic acids is 1. The van der Waals surface area contributed by atoms with Crippen LogP contribution in [-0.4, -0.2) is 22.0 Å². The highest BCUT2D eigenvalue weighted by molar-refractivity contribution is 6.07. The molecule has 0 aliphatic heterocycles. The van der Waals surface area contributed by atoms with Crippen LogP contribution in [-0.2, 0) is 0 Å². The molecule has 7 nitrogen and oxygen atoms in total. The lowest BCUT2D eigenvalue weighted by Gasteiger charge is -2.08. The number of benzene rings is 3. The summed E-state index contributed by atoms with van der Waals surface area (Å²) >= 11 is 0. The molecule has 4 rings (SSSR count). The highest BCUT2D eigenvalue weighted by Crippen LogP contribution is 2.24. The summed E-state index contributed by atoms with van der Waals surface area (Å²) in [5.41, 5.74) is 5.71. The molecule has 7 heteroatoms. The minimum atomic E-state index is -0.447. The first kappa shape index (κ1) is 20.6. The molecule has 0 saturated carbocycles. The molecule has 3 aromatic carbocycles. The van der Waals surface area contributed by atoms with Gasteiger partial charge in [0, 0.05) is 23.2 Å². The van der Waals surface area contributed by atoms with E-state index in [0.717, 1.165) is 10.9 Å². The Morgan fingerprint density at radius 1 is 0.969 bits per heavy atom. The van der Waals surface area contributed by atoms with Gasteiger partial charge in [-0.05, 0) is 30.4 Å². The third kappa shape index (κ3) is 4.57. The number of carbonyl (C=O) groups is 1. The topological polar surface area (TPSA) is 97.5 Å². The van der Waals surface area contributed by atoms with Gasteiger partial charge in [0.2, 0.25) is 0 Å². The van der Waals surface area contributed by atoms with E-state index in [0.29, 0.717) is 22.3 Å². The Morgan fingerprint density at radius 2 is 1.69 bits per heavy atom. The average Bonchev–Trinajstić information content (AvgIpc) is 2.83. The van der Waals surface area contributed by atoms with Crippen molar-refractivity contribution in [2.75, 3.05) is 0 Å². The van der Waals surface area contributed by atoms with Crippen molar-refractivity contribution in [1.29, 1.82) is 0 Å². The molecule has 0 atom stereocenters. The molecule has 0 bridgehead atoms. The van der Waals surface area contributed by atoms with Crippen LogP contribution < -0.4 is 5.43 Å². The van der Waals surface area contributed by atoms with Crippen LogP contribution >= 0.6 is 0 Å². The first-order valence-corrected chi connectivity index (χ1v) is 9.82. The summed E-state index contributed by atoms with van der Waals surface area (Å²) in [5.74, 6) is -0.379. The molecule has 1 heterocycles. The fourth-order valence-electron chi connectivity index (χ4n) is 3.26. The number of hydrogen-bond acceptors (Lipinski definition) is 5. The second kappa shape index (κ2) is 9.44. The molecule has 0 unspecified atom stereocenters. The monoisotopic (exact) mass is 422 g/mol. The third-order valence-electron chi connectivity index (χ3n) is 4.77. The van der Waals surface area contributed by atoms with Crippen LogP contribution in [0.5, 0.6) is 0 Å². The molecular weight excluding hydrogens is 404 g/mol. The number of pyridine rings is 1. The van der Waals surface area contributed by atoms with Crippen molar-refractivity contribution in [3.05, 3.63) is 112 Å². The SMILES string of the molecule is O=C(NN=C/C=C\c1ccccc1[N+](=O)[O-])c1cc(-c2ccccc2)nc2ccccc12. The predicted molar refractivity (Wildman–Crippen MR) is 125 cm³/mol. The number of allylic oxidation sites excluding steroid dienone is 1. The highest BCUT2D eigenvalue weighted by atomic mass is 16.6. The van der Waals surface area contributed by atoms with Gasteiger partial charge in [-0.15, -0.1) is 0 Å². The van der Waals surface area contributed by atoms with E-state index in [1.165, 1.54) is 18.4 Å². The van der Waals surface area contributed by atoms with E-state index < -0.39 is 4.92 Å². The Bertz CT molecular complexity index is 1350. The van der Waals surface area contributed by atoms with Crippen molar-refractivity contribution < 1.29 is 9.72 Å². The molecule has 1 amide bonds. The maximum absolute atomic E-state index is 12.9. The van der Waals surface area contributed by atoms with Crippen molar-refractivity contribution in [3.8, 4) is 11.3 Å². The molecule has 4 aromatic rings. The van der Waals surface area contributed by atoms with Crippen LogP contribution in [0, 0.1) is 10.1 Å². The van der Waals surface area contributed by atoms with Crippen LogP contribution in [0.25, 0.3) is 28.2 Å². The van der Waals surface area contributed by atoms with Crippen molar-refractivity contribution in [3.63, 3.8) is 0 Å². The molecule has 0 fully saturated rings. The van der Waals surface area contributed by atoms with Gasteiger partial charge in [-0.25, -0.2) is 10.4 Å². The van der Waals surface area contributed by atoms with Crippen LogP contribution in [0.15, 0.2) is 96.1 Å². The van der Waals surface area contributed by atoms with E-state index in [1.54, 1.807) is 30.3 Å². The van der Waals surface area contributed by atoms with E-state index in [9.17, 15) is 14.9 Å². The van der Waals surface area contributed by atoms with E-state index in [-0.39, 0.29) is 11.6 Å². The second-order valence-corrected chi connectivity index (χ2v) is 6.83. The Morgan fingerprint density at radius 3 is 2.50 bits per heavy atom. The molecular formula is C25H18N4O3. The van der Waals surface area contributed by atoms with Crippen molar-refractivity contribution in [2.45, 2.75) is 0 Å². The summed E-state index contributed by atoms with van der Waals surface area (Å²) in [4.78, 5) is 28.1. The number of rotatable bonds is 6. The van der Waals surface area contributed by atoms with Gasteiger partial charge in [-0.1, -0.05) is 60.7 Å². The molecule has 1 N–H and O–H groups in total. The van der Waals surface area contributed by atoms with Crippen molar-refractivity contribution in [2.24, 2.45) is 5.10 Å². The number of fused-ring (bicyclic) bond motifs is 1. The van der Waals surface area contributed by atoms with Gasteiger partial charge >= 0.3 is 0 Å². The Hall–Kier alpha value is -4.65. The lowest BCUT2D eigenvalue weighted by Crippen LogP contribution is -2.18. The summed E-state index contributed by atoms with van der Waals surface area (Å²) in [7, 11) is 0. The zero-order chi connectivity index (χ0) is 22.3. The van der Waals surface area contributed by atoms with Crippen LogP contribution in [0.3, 0.4) is 0 Å². The predicted octanol–water partition coefficient (Wildman–Crippen LogP) is 5.24. The molecule has 0 spiro atoms. The first-order chi connectivity index (χ1) is 15.6. The number of nitrogens with zero attached hydrogens (tertiary/aromatic N) is 3. The summed E-state index contributed by atoms with van der Waals surface area (Å²) in [6.45, 7) is 0. The fraction of sp³-hybridized carbons (Fsp3) is 0. The average molecular weight is 422 g/mol. The lowest BCUT2D eigenvalue weighted by atomic mass is 10.0. The number of aromatic nitrogens is 1. The van der Waals surface area contributed by atoms with Crippen LogP contribution in [0.2, 0.25) is 0 Å². The quantitative estimate of drug-likeness (QED) is 0.261. The van der Waals surface area contributed by atoms with E-state index in [4.69, 9.17) is 0 Å². The van der Waals surface area contributed by atoms with Gasteiger partial charge in [-0.2, -0.15) is 5.10 Å². The molecule has 0 radical (unpaired) electrons. The van der Waals surface area contributed by atoms with Gasteiger partial charge < -0.3 is 0 Å². The minimum absolute atomic E-state index is 0.00196. The Balaban J connectivity index is 1.56. The van der Waals surface area contributed by atoms with Gasteiger partial charge in [-0.3, -0.25) is 14.9 Å². The lowest BCUT2D eigenvalue weighted by molar-refractivity contribution is -0.385. The number of nitro benzene ring substituents is 1. The van der Waals surface area contributed by atoms with Gasteiger partial charge in [0.1, 0.15) is 0 Å². The molecule has 156 valence electrons. The maximum Gasteiger partial charge on any atom is 0.276 e. The zero-order valence-corrected chi connectivity index (χ0v) is 16.9. The number of para-hydroxylation sites is 2. The van der Waals surface area contributed by atoms with Gasteiger partial charge in [0.15, 0.2) is 0 Å². The zero-order valence-electron chi connectivity index (χ0n) is 16.9. The van der Waals surface area contributed by atoms with Crippen LogP contribution in [0.4, 0.5) is 5.69 Å². The smallest absolute Gasteiger partial charge is 0.267 e. The number of nitro groups is 1. The number of nitrogens with one attached hydrogen (secondary N) is 1. The van der Waals surface area contributed by atoms with E-state index in [1.807, 2.05) is 54.6 Å².